The molecule has 0 fully saturated rings. The second-order valence-electron chi connectivity index (χ2n) is 3.49. The Bertz CT molecular complexity index is 568. The smallest absolute Gasteiger partial charge is 0.258 e. The van der Waals surface area contributed by atoms with Crippen LogP contribution in [0.2, 0.25) is 5.02 Å². The zero-order chi connectivity index (χ0) is 12.4. The molecule has 0 atom stereocenters. The third-order valence-corrected chi connectivity index (χ3v) is 3.27. The largest absolute Gasteiger partial charge is 0.399 e. The molecule has 0 saturated carbocycles. The van der Waals surface area contributed by atoms with Gasteiger partial charge in [-0.15, -0.1) is 11.3 Å². The average Bonchev–Trinajstić information content (AvgIpc) is 2.63. The van der Waals surface area contributed by atoms with E-state index in [1.807, 2.05) is 12.3 Å². The van der Waals surface area contributed by atoms with E-state index < -0.39 is 0 Å². The van der Waals surface area contributed by atoms with Crippen molar-refractivity contribution in [1.29, 1.82) is 0 Å². The van der Waals surface area contributed by atoms with E-state index in [4.69, 9.17) is 17.3 Å². The highest BCUT2D eigenvalue weighted by molar-refractivity contribution is 7.13. The zero-order valence-electron chi connectivity index (χ0n) is 9.03. The van der Waals surface area contributed by atoms with Crippen molar-refractivity contribution in [2.24, 2.45) is 0 Å². The first-order valence-electron chi connectivity index (χ1n) is 4.85. The quantitative estimate of drug-likeness (QED) is 0.822. The van der Waals surface area contributed by atoms with Crippen LogP contribution < -0.4 is 11.1 Å². The van der Waals surface area contributed by atoms with Crippen molar-refractivity contribution in [3.63, 3.8) is 0 Å². The van der Waals surface area contributed by atoms with Gasteiger partial charge in [0.1, 0.15) is 0 Å². The molecule has 0 spiro atoms. The van der Waals surface area contributed by atoms with Crippen molar-refractivity contribution in [2.75, 3.05) is 11.1 Å². The molecule has 1 aromatic heterocycles. The highest BCUT2D eigenvalue weighted by atomic mass is 35.5. The number of nitrogens with two attached hydrogens (primary N) is 1. The van der Waals surface area contributed by atoms with Gasteiger partial charge < -0.3 is 5.73 Å². The number of aryl methyl sites for hydroxylation is 1. The third kappa shape index (κ3) is 2.75. The molecule has 2 aromatic rings. The molecule has 6 heteroatoms. The Morgan fingerprint density at radius 3 is 2.88 bits per heavy atom. The normalized spacial score (nSPS) is 10.2. The van der Waals surface area contributed by atoms with Crippen molar-refractivity contribution in [3.8, 4) is 0 Å². The molecule has 2 rings (SSSR count). The van der Waals surface area contributed by atoms with Crippen molar-refractivity contribution in [2.45, 2.75) is 6.92 Å². The molecule has 17 heavy (non-hydrogen) atoms. The van der Waals surface area contributed by atoms with Gasteiger partial charge in [-0.2, -0.15) is 0 Å². The van der Waals surface area contributed by atoms with Crippen LogP contribution in [0.4, 0.5) is 10.8 Å². The Hall–Kier alpha value is -1.59. The standard InChI is InChI=1S/C11H10ClN3OS/c1-6-5-17-11(14-6)15-10(16)8-3-2-7(13)4-9(8)12/h2-5H,13H2,1H3,(H,14,15,16). The lowest BCUT2D eigenvalue weighted by Gasteiger charge is -2.04. The van der Waals surface area contributed by atoms with E-state index in [-0.39, 0.29) is 5.91 Å². The van der Waals surface area contributed by atoms with E-state index in [1.165, 1.54) is 11.3 Å². The highest BCUT2D eigenvalue weighted by Crippen LogP contribution is 2.21. The molecule has 1 amide bonds. The molecular weight excluding hydrogens is 258 g/mol. The van der Waals surface area contributed by atoms with Gasteiger partial charge in [-0.1, -0.05) is 11.6 Å². The van der Waals surface area contributed by atoms with Crippen molar-refractivity contribution in [3.05, 3.63) is 39.9 Å². The fourth-order valence-electron chi connectivity index (χ4n) is 1.29. The lowest BCUT2D eigenvalue weighted by Crippen LogP contribution is -2.12. The number of carbonyl (C=O) groups excluding carboxylic acids is 1. The Kier molecular flexibility index (Phi) is 3.31. The lowest BCUT2D eigenvalue weighted by molar-refractivity contribution is 0.102. The van der Waals surface area contributed by atoms with Crippen LogP contribution in [-0.4, -0.2) is 10.9 Å². The van der Waals surface area contributed by atoms with Gasteiger partial charge in [0.15, 0.2) is 5.13 Å². The number of rotatable bonds is 2. The minimum Gasteiger partial charge on any atom is -0.399 e. The van der Waals surface area contributed by atoms with Crippen LogP contribution >= 0.6 is 22.9 Å². The molecule has 3 N–H and O–H groups in total. The summed E-state index contributed by atoms with van der Waals surface area (Å²) in [6.07, 6.45) is 0. The minimum atomic E-state index is -0.288. The van der Waals surface area contributed by atoms with Gasteiger partial charge in [0.2, 0.25) is 0 Å². The van der Waals surface area contributed by atoms with E-state index in [0.29, 0.717) is 21.4 Å². The minimum absolute atomic E-state index is 0.288. The van der Waals surface area contributed by atoms with Crippen LogP contribution in [0.3, 0.4) is 0 Å². The van der Waals surface area contributed by atoms with Gasteiger partial charge >= 0.3 is 0 Å². The van der Waals surface area contributed by atoms with Crippen molar-refractivity contribution >= 4 is 39.7 Å². The van der Waals surface area contributed by atoms with Gasteiger partial charge in [-0.05, 0) is 25.1 Å². The number of halogens is 1. The number of amides is 1. The lowest BCUT2D eigenvalue weighted by atomic mass is 10.2. The number of aromatic nitrogens is 1. The first-order chi connectivity index (χ1) is 8.06. The highest BCUT2D eigenvalue weighted by Gasteiger charge is 2.12. The topological polar surface area (TPSA) is 68.0 Å². The van der Waals surface area contributed by atoms with Crippen LogP contribution in [-0.2, 0) is 0 Å². The number of carbonyl (C=O) groups is 1. The summed E-state index contributed by atoms with van der Waals surface area (Å²) in [5, 5.41) is 5.43. The summed E-state index contributed by atoms with van der Waals surface area (Å²) in [6, 6.07) is 4.77. The van der Waals surface area contributed by atoms with E-state index >= 15 is 0 Å². The molecule has 88 valence electrons. The van der Waals surface area contributed by atoms with Crippen LogP contribution in [0.5, 0.6) is 0 Å². The van der Waals surface area contributed by atoms with Gasteiger partial charge in [-0.3, -0.25) is 10.1 Å². The predicted octanol–water partition coefficient (Wildman–Crippen LogP) is 2.94. The predicted molar refractivity (Wildman–Crippen MR) is 70.7 cm³/mol. The van der Waals surface area contributed by atoms with E-state index in [2.05, 4.69) is 10.3 Å². The van der Waals surface area contributed by atoms with Gasteiger partial charge in [-0.25, -0.2) is 4.98 Å². The Labute approximate surface area is 107 Å². The van der Waals surface area contributed by atoms with Crippen molar-refractivity contribution in [1.82, 2.24) is 4.98 Å². The maximum atomic E-state index is 11.9. The Morgan fingerprint density at radius 1 is 1.53 bits per heavy atom. The molecule has 0 unspecified atom stereocenters. The summed E-state index contributed by atoms with van der Waals surface area (Å²) in [7, 11) is 0. The molecule has 0 saturated heterocycles. The van der Waals surface area contributed by atoms with E-state index in [9.17, 15) is 4.79 Å². The summed E-state index contributed by atoms with van der Waals surface area (Å²) < 4.78 is 0. The van der Waals surface area contributed by atoms with Gasteiger partial charge in [0.25, 0.3) is 5.91 Å². The molecule has 4 nitrogen and oxygen atoms in total. The second-order valence-corrected chi connectivity index (χ2v) is 4.75. The molecule has 1 heterocycles. The number of nitrogen functional groups attached to an aromatic ring is 1. The summed E-state index contributed by atoms with van der Waals surface area (Å²) in [6.45, 7) is 1.86. The number of benzene rings is 1. The van der Waals surface area contributed by atoms with E-state index in [1.54, 1.807) is 18.2 Å². The molecule has 0 aliphatic rings. The molecular formula is C11H10ClN3OS. The molecule has 0 aliphatic heterocycles. The molecule has 0 radical (unpaired) electrons. The number of hydrogen-bond acceptors (Lipinski definition) is 4. The number of anilines is 2. The fraction of sp³-hybridized carbons (Fsp3) is 0.0909. The summed E-state index contributed by atoms with van der Waals surface area (Å²) in [5.74, 6) is -0.288. The number of nitrogens with one attached hydrogen (secondary N) is 1. The van der Waals surface area contributed by atoms with E-state index in [0.717, 1.165) is 5.69 Å². The maximum absolute atomic E-state index is 11.9. The fourth-order valence-corrected chi connectivity index (χ4v) is 2.25. The van der Waals surface area contributed by atoms with Gasteiger partial charge in [0.05, 0.1) is 16.3 Å². The summed E-state index contributed by atoms with van der Waals surface area (Å²) in [5.41, 5.74) is 7.33. The second kappa shape index (κ2) is 4.73. The number of hydrogen-bond donors (Lipinski definition) is 2. The first-order valence-corrected chi connectivity index (χ1v) is 6.10. The maximum Gasteiger partial charge on any atom is 0.258 e. The molecule has 0 bridgehead atoms. The third-order valence-electron chi connectivity index (χ3n) is 2.08. The van der Waals surface area contributed by atoms with Crippen LogP contribution in [0.25, 0.3) is 0 Å². The monoisotopic (exact) mass is 267 g/mol. The number of thiazole rings is 1. The first kappa shape index (κ1) is 11.9. The van der Waals surface area contributed by atoms with Crippen LogP contribution in [0.1, 0.15) is 16.1 Å². The number of nitrogens with zero attached hydrogens (tertiary/aromatic N) is 1. The van der Waals surface area contributed by atoms with Crippen molar-refractivity contribution < 1.29 is 4.79 Å². The van der Waals surface area contributed by atoms with Crippen LogP contribution in [0, 0.1) is 6.92 Å². The van der Waals surface area contributed by atoms with Gasteiger partial charge in [0, 0.05) is 11.1 Å². The Morgan fingerprint density at radius 2 is 2.29 bits per heavy atom. The Balaban J connectivity index is 2.20. The van der Waals surface area contributed by atoms with Crippen LogP contribution in [0.15, 0.2) is 23.6 Å². The molecule has 0 aliphatic carbocycles. The SMILES string of the molecule is Cc1csc(NC(=O)c2ccc(N)cc2Cl)n1. The molecule has 1 aromatic carbocycles. The zero-order valence-corrected chi connectivity index (χ0v) is 10.6. The summed E-state index contributed by atoms with van der Waals surface area (Å²) >= 11 is 7.31. The summed E-state index contributed by atoms with van der Waals surface area (Å²) in [4.78, 5) is 16.0. The average molecular weight is 268 g/mol.